The van der Waals surface area contributed by atoms with E-state index in [-0.39, 0.29) is 5.91 Å². The van der Waals surface area contributed by atoms with Crippen molar-refractivity contribution < 1.29 is 4.79 Å². The Hall–Kier alpha value is -3.13. The summed E-state index contributed by atoms with van der Waals surface area (Å²) in [5.41, 5.74) is 4.57. The van der Waals surface area contributed by atoms with E-state index in [0.29, 0.717) is 16.8 Å². The first-order valence-corrected chi connectivity index (χ1v) is 7.41. The first-order valence-electron chi connectivity index (χ1n) is 7.41. The molecule has 2 heterocycles. The molecule has 0 fully saturated rings. The maximum absolute atomic E-state index is 12.4. The number of aromatic nitrogens is 2. The van der Waals surface area contributed by atoms with Crippen LogP contribution in [0.25, 0.3) is 5.65 Å². The number of nitriles is 1. The second-order valence-corrected chi connectivity index (χ2v) is 5.29. The number of carbonyl (C=O) groups is 1. The van der Waals surface area contributed by atoms with Gasteiger partial charge in [-0.25, -0.2) is 4.98 Å². The fraction of sp³-hybridized carbons (Fsp3) is 0.167. The molecule has 2 aromatic heterocycles. The number of amides is 1. The molecule has 0 saturated heterocycles. The zero-order chi connectivity index (χ0) is 16.4. The third-order valence-corrected chi connectivity index (χ3v) is 3.80. The highest BCUT2D eigenvalue weighted by Gasteiger charge is 2.11. The lowest BCUT2D eigenvalue weighted by atomic mass is 10.2. The Morgan fingerprint density at radius 1 is 1.35 bits per heavy atom. The minimum Gasteiger partial charge on any atom is -0.322 e. The number of rotatable bonds is 3. The molecule has 3 aromatic rings. The van der Waals surface area contributed by atoms with Crippen LogP contribution in [0.1, 0.15) is 34.2 Å². The molecule has 1 N–H and O–H groups in total. The van der Waals surface area contributed by atoms with E-state index in [1.807, 2.05) is 17.4 Å². The van der Waals surface area contributed by atoms with Crippen LogP contribution in [0.5, 0.6) is 0 Å². The van der Waals surface area contributed by atoms with Gasteiger partial charge in [0.25, 0.3) is 5.91 Å². The van der Waals surface area contributed by atoms with Crippen molar-refractivity contribution in [3.05, 3.63) is 65.1 Å². The van der Waals surface area contributed by atoms with Crippen molar-refractivity contribution in [2.24, 2.45) is 0 Å². The number of benzene rings is 1. The monoisotopic (exact) mass is 304 g/mol. The molecule has 0 atom stereocenters. The number of fused-ring (bicyclic) bond motifs is 1. The Bertz CT molecular complexity index is 934. The zero-order valence-corrected chi connectivity index (χ0v) is 13.0. The molecule has 0 spiro atoms. The van der Waals surface area contributed by atoms with Crippen LogP contribution < -0.4 is 5.32 Å². The highest BCUT2D eigenvalue weighted by atomic mass is 16.1. The normalized spacial score (nSPS) is 10.5. The number of carbonyl (C=O) groups excluding carboxylic acids is 1. The minimum absolute atomic E-state index is 0.215. The summed E-state index contributed by atoms with van der Waals surface area (Å²) >= 11 is 0. The van der Waals surface area contributed by atoms with E-state index in [2.05, 4.69) is 23.3 Å². The van der Waals surface area contributed by atoms with E-state index in [9.17, 15) is 4.79 Å². The highest BCUT2D eigenvalue weighted by Crippen LogP contribution is 2.16. The quantitative estimate of drug-likeness (QED) is 0.807. The van der Waals surface area contributed by atoms with Gasteiger partial charge in [0.05, 0.1) is 22.9 Å². The van der Waals surface area contributed by atoms with Crippen molar-refractivity contribution in [1.82, 2.24) is 9.38 Å². The number of pyridine rings is 1. The number of anilines is 1. The second kappa shape index (κ2) is 5.93. The van der Waals surface area contributed by atoms with Gasteiger partial charge in [-0.05, 0) is 43.7 Å². The van der Waals surface area contributed by atoms with Crippen LogP contribution in [-0.2, 0) is 6.42 Å². The number of aryl methyl sites for hydroxylation is 2. The Morgan fingerprint density at radius 3 is 2.91 bits per heavy atom. The Morgan fingerprint density at radius 2 is 2.17 bits per heavy atom. The summed E-state index contributed by atoms with van der Waals surface area (Å²) in [6, 6.07) is 12.5. The van der Waals surface area contributed by atoms with Crippen LogP contribution in [-0.4, -0.2) is 15.3 Å². The van der Waals surface area contributed by atoms with E-state index in [1.165, 1.54) is 0 Å². The molecule has 5 nitrogen and oxygen atoms in total. The molecule has 0 saturated carbocycles. The minimum atomic E-state index is -0.215. The van der Waals surface area contributed by atoms with Gasteiger partial charge in [-0.3, -0.25) is 4.79 Å². The van der Waals surface area contributed by atoms with Crippen molar-refractivity contribution in [3.8, 4) is 6.07 Å². The van der Waals surface area contributed by atoms with Gasteiger partial charge in [0.2, 0.25) is 0 Å². The van der Waals surface area contributed by atoms with Crippen molar-refractivity contribution in [2.75, 3.05) is 5.32 Å². The zero-order valence-electron chi connectivity index (χ0n) is 13.0. The number of hydrogen-bond acceptors (Lipinski definition) is 3. The SMILES string of the molecule is CCc1nc2ccc(C(=O)Nc3cccc(C#N)c3)cn2c1C. The molecule has 0 unspecified atom stereocenters. The first kappa shape index (κ1) is 14.8. The summed E-state index contributed by atoms with van der Waals surface area (Å²) in [4.78, 5) is 17.0. The topological polar surface area (TPSA) is 70.2 Å². The molecule has 1 aromatic carbocycles. The largest absolute Gasteiger partial charge is 0.322 e. The number of hydrogen-bond donors (Lipinski definition) is 1. The average Bonchev–Trinajstić information content (AvgIpc) is 2.90. The third-order valence-electron chi connectivity index (χ3n) is 3.80. The van der Waals surface area contributed by atoms with Gasteiger partial charge >= 0.3 is 0 Å². The van der Waals surface area contributed by atoms with Crippen molar-refractivity contribution >= 4 is 17.2 Å². The molecule has 5 heteroatoms. The third kappa shape index (κ3) is 2.79. The molecule has 114 valence electrons. The molecule has 23 heavy (non-hydrogen) atoms. The molecule has 0 aliphatic carbocycles. The Balaban J connectivity index is 1.91. The smallest absolute Gasteiger partial charge is 0.257 e. The molecular weight excluding hydrogens is 288 g/mol. The lowest BCUT2D eigenvalue weighted by molar-refractivity contribution is 0.102. The van der Waals surface area contributed by atoms with Crippen molar-refractivity contribution in [2.45, 2.75) is 20.3 Å². The number of nitrogens with zero attached hydrogens (tertiary/aromatic N) is 3. The van der Waals surface area contributed by atoms with Crippen molar-refractivity contribution in [1.29, 1.82) is 5.26 Å². The maximum Gasteiger partial charge on any atom is 0.257 e. The molecule has 1 amide bonds. The fourth-order valence-electron chi connectivity index (χ4n) is 2.55. The average molecular weight is 304 g/mol. The van der Waals surface area contributed by atoms with Crippen LogP contribution in [0.3, 0.4) is 0 Å². The predicted octanol–water partition coefficient (Wildman–Crippen LogP) is 3.33. The van der Waals surface area contributed by atoms with Gasteiger partial charge in [0.15, 0.2) is 0 Å². The van der Waals surface area contributed by atoms with E-state index < -0.39 is 0 Å². The van der Waals surface area contributed by atoms with Crippen LogP contribution >= 0.6 is 0 Å². The molecule has 3 rings (SSSR count). The molecule has 0 aliphatic rings. The van der Waals surface area contributed by atoms with Gasteiger partial charge in [0, 0.05) is 17.6 Å². The molecule has 0 aliphatic heterocycles. The van der Waals surface area contributed by atoms with Crippen LogP contribution in [0.2, 0.25) is 0 Å². The summed E-state index contributed by atoms with van der Waals surface area (Å²) in [6.07, 6.45) is 2.65. The summed E-state index contributed by atoms with van der Waals surface area (Å²) in [7, 11) is 0. The second-order valence-electron chi connectivity index (χ2n) is 5.29. The maximum atomic E-state index is 12.4. The molecular formula is C18H16N4O. The van der Waals surface area contributed by atoms with E-state index in [4.69, 9.17) is 5.26 Å². The van der Waals surface area contributed by atoms with Gasteiger partial charge in [-0.2, -0.15) is 5.26 Å². The van der Waals surface area contributed by atoms with Crippen molar-refractivity contribution in [3.63, 3.8) is 0 Å². The van der Waals surface area contributed by atoms with E-state index >= 15 is 0 Å². The summed E-state index contributed by atoms with van der Waals surface area (Å²) in [5, 5.41) is 11.7. The van der Waals surface area contributed by atoms with Gasteiger partial charge in [-0.15, -0.1) is 0 Å². The van der Waals surface area contributed by atoms with Gasteiger partial charge < -0.3 is 9.72 Å². The predicted molar refractivity (Wildman–Crippen MR) is 88.4 cm³/mol. The summed E-state index contributed by atoms with van der Waals surface area (Å²) in [5.74, 6) is -0.215. The highest BCUT2D eigenvalue weighted by molar-refractivity contribution is 6.04. The van der Waals surface area contributed by atoms with Crippen LogP contribution in [0, 0.1) is 18.3 Å². The Kier molecular flexibility index (Phi) is 3.82. The number of nitrogens with one attached hydrogen (secondary N) is 1. The number of imidazole rings is 1. The molecule has 0 bridgehead atoms. The summed E-state index contributed by atoms with van der Waals surface area (Å²) < 4.78 is 1.93. The Labute approximate surface area is 134 Å². The van der Waals surface area contributed by atoms with E-state index in [1.54, 1.807) is 36.5 Å². The lowest BCUT2D eigenvalue weighted by Gasteiger charge is -2.06. The van der Waals surface area contributed by atoms with Crippen LogP contribution in [0.4, 0.5) is 5.69 Å². The summed E-state index contributed by atoms with van der Waals surface area (Å²) in [6.45, 7) is 4.06. The fourth-order valence-corrected chi connectivity index (χ4v) is 2.55. The van der Waals surface area contributed by atoms with Gasteiger partial charge in [0.1, 0.15) is 5.65 Å². The first-order chi connectivity index (χ1) is 11.1. The van der Waals surface area contributed by atoms with E-state index in [0.717, 1.165) is 23.5 Å². The lowest BCUT2D eigenvalue weighted by Crippen LogP contribution is -2.12. The standard InChI is InChI=1S/C18H16N4O/c1-3-16-12(2)22-11-14(7-8-17(22)21-16)18(23)20-15-6-4-5-13(9-15)10-19/h4-9,11H,3H2,1-2H3,(H,20,23). The molecule has 0 radical (unpaired) electrons. The van der Waals surface area contributed by atoms with Gasteiger partial charge in [-0.1, -0.05) is 13.0 Å². The van der Waals surface area contributed by atoms with Crippen LogP contribution in [0.15, 0.2) is 42.6 Å².